The van der Waals surface area contributed by atoms with E-state index >= 15 is 0 Å². The molecule has 1 amide bonds. The number of carbonyl (C=O) groups is 2. The van der Waals surface area contributed by atoms with Crippen LogP contribution in [0.5, 0.6) is 0 Å². The first-order chi connectivity index (χ1) is 9.52. The Balaban J connectivity index is 2.23. The Morgan fingerprint density at radius 1 is 1.35 bits per heavy atom. The van der Waals surface area contributed by atoms with Crippen molar-refractivity contribution in [1.29, 1.82) is 0 Å². The Kier molecular flexibility index (Phi) is 7.47. The second kappa shape index (κ2) is 8.87. The molecule has 1 atom stereocenters. The van der Waals surface area contributed by atoms with E-state index in [1.165, 1.54) is 11.8 Å². The van der Waals surface area contributed by atoms with Gasteiger partial charge in [0.2, 0.25) is 5.91 Å². The standard InChI is InChI=1S/C14H18ClNO3S/c1-2-11(14(18)19)7-16-13(17)9-20-8-10-3-5-12(15)6-4-10/h3-6,11H,2,7-9H2,1H3,(H,16,17)(H,18,19). The minimum absolute atomic E-state index is 0.135. The lowest BCUT2D eigenvalue weighted by atomic mass is 10.1. The molecule has 4 nitrogen and oxygen atoms in total. The third-order valence-electron chi connectivity index (χ3n) is 2.80. The van der Waals surface area contributed by atoms with Crippen molar-refractivity contribution in [3.05, 3.63) is 34.9 Å². The summed E-state index contributed by atoms with van der Waals surface area (Å²) in [6.07, 6.45) is 0.507. The van der Waals surface area contributed by atoms with E-state index in [2.05, 4.69) is 5.32 Å². The molecule has 1 aromatic rings. The van der Waals surface area contributed by atoms with Gasteiger partial charge in [-0.15, -0.1) is 11.8 Å². The van der Waals surface area contributed by atoms with Gasteiger partial charge in [0.05, 0.1) is 11.7 Å². The van der Waals surface area contributed by atoms with E-state index in [9.17, 15) is 9.59 Å². The molecule has 0 aromatic heterocycles. The van der Waals surface area contributed by atoms with Gasteiger partial charge < -0.3 is 10.4 Å². The van der Waals surface area contributed by atoms with E-state index in [4.69, 9.17) is 16.7 Å². The summed E-state index contributed by atoms with van der Waals surface area (Å²) in [6, 6.07) is 7.47. The molecule has 1 unspecified atom stereocenters. The second-order valence-electron chi connectivity index (χ2n) is 4.37. The van der Waals surface area contributed by atoms with Crippen LogP contribution in [0, 0.1) is 5.92 Å². The number of thioether (sulfide) groups is 1. The first-order valence-corrected chi connectivity index (χ1v) is 7.88. The average molecular weight is 316 g/mol. The number of halogens is 1. The number of benzene rings is 1. The summed E-state index contributed by atoms with van der Waals surface area (Å²) >= 11 is 7.27. The SMILES string of the molecule is CCC(CNC(=O)CSCc1ccc(Cl)cc1)C(=O)O. The van der Waals surface area contributed by atoms with Crippen LogP contribution in [0.2, 0.25) is 5.02 Å². The zero-order valence-corrected chi connectivity index (χ0v) is 12.8. The molecule has 0 aliphatic carbocycles. The van der Waals surface area contributed by atoms with E-state index in [-0.39, 0.29) is 12.5 Å². The number of rotatable bonds is 8. The predicted molar refractivity (Wildman–Crippen MR) is 82.0 cm³/mol. The van der Waals surface area contributed by atoms with Crippen molar-refractivity contribution in [2.75, 3.05) is 12.3 Å². The molecule has 0 saturated heterocycles. The number of carboxylic acid groups (broad SMARTS) is 1. The molecule has 0 saturated carbocycles. The van der Waals surface area contributed by atoms with Crippen molar-refractivity contribution in [3.8, 4) is 0 Å². The molecule has 2 N–H and O–H groups in total. The van der Waals surface area contributed by atoms with Gasteiger partial charge in [0.1, 0.15) is 0 Å². The van der Waals surface area contributed by atoms with Gasteiger partial charge in [0.25, 0.3) is 0 Å². The van der Waals surface area contributed by atoms with E-state index < -0.39 is 11.9 Å². The third kappa shape index (κ3) is 6.30. The van der Waals surface area contributed by atoms with Crippen LogP contribution < -0.4 is 5.32 Å². The van der Waals surface area contributed by atoms with Gasteiger partial charge in [-0.2, -0.15) is 0 Å². The Morgan fingerprint density at radius 2 is 2.00 bits per heavy atom. The van der Waals surface area contributed by atoms with Gasteiger partial charge in [-0.1, -0.05) is 30.7 Å². The van der Waals surface area contributed by atoms with Gasteiger partial charge in [0, 0.05) is 17.3 Å². The van der Waals surface area contributed by atoms with Gasteiger partial charge >= 0.3 is 5.97 Å². The van der Waals surface area contributed by atoms with Crippen LogP contribution in [0.1, 0.15) is 18.9 Å². The molecular weight excluding hydrogens is 298 g/mol. The average Bonchev–Trinajstić information content (AvgIpc) is 2.41. The van der Waals surface area contributed by atoms with Crippen LogP contribution in [0.15, 0.2) is 24.3 Å². The largest absolute Gasteiger partial charge is 0.481 e. The van der Waals surface area contributed by atoms with Gasteiger partial charge in [-0.3, -0.25) is 9.59 Å². The van der Waals surface area contributed by atoms with Crippen LogP contribution in [-0.2, 0) is 15.3 Å². The lowest BCUT2D eigenvalue weighted by Crippen LogP contribution is -2.33. The molecule has 6 heteroatoms. The molecule has 110 valence electrons. The number of carbonyl (C=O) groups excluding carboxylic acids is 1. The summed E-state index contributed by atoms with van der Waals surface area (Å²) in [5.74, 6) is -0.482. The highest BCUT2D eigenvalue weighted by molar-refractivity contribution is 7.99. The third-order valence-corrected chi connectivity index (χ3v) is 4.06. The number of carboxylic acids is 1. The van der Waals surface area contributed by atoms with Crippen LogP contribution in [0.3, 0.4) is 0 Å². The molecule has 0 fully saturated rings. The van der Waals surface area contributed by atoms with Crippen molar-refractivity contribution in [1.82, 2.24) is 5.32 Å². The molecule has 1 aromatic carbocycles. The summed E-state index contributed by atoms with van der Waals surface area (Å²) < 4.78 is 0. The maximum absolute atomic E-state index is 11.6. The van der Waals surface area contributed by atoms with Gasteiger partial charge in [-0.25, -0.2) is 0 Å². The lowest BCUT2D eigenvalue weighted by Gasteiger charge is -2.10. The smallest absolute Gasteiger partial charge is 0.308 e. The highest BCUT2D eigenvalue weighted by Crippen LogP contribution is 2.15. The number of hydrogen-bond acceptors (Lipinski definition) is 3. The first kappa shape index (κ1) is 16.9. The molecule has 0 aliphatic heterocycles. The first-order valence-electron chi connectivity index (χ1n) is 6.34. The predicted octanol–water partition coefficient (Wildman–Crippen LogP) is 2.80. The van der Waals surface area contributed by atoms with Crippen molar-refractivity contribution in [2.45, 2.75) is 19.1 Å². The lowest BCUT2D eigenvalue weighted by molar-refractivity contribution is -0.141. The molecule has 0 bridgehead atoms. The zero-order valence-electron chi connectivity index (χ0n) is 11.3. The fraction of sp³-hybridized carbons (Fsp3) is 0.429. The number of aliphatic carboxylic acids is 1. The summed E-state index contributed by atoms with van der Waals surface area (Å²) in [5.41, 5.74) is 1.10. The molecule has 0 heterocycles. The second-order valence-corrected chi connectivity index (χ2v) is 5.79. The normalized spacial score (nSPS) is 11.9. The van der Waals surface area contributed by atoms with Crippen LogP contribution in [-0.4, -0.2) is 29.3 Å². The monoisotopic (exact) mass is 315 g/mol. The summed E-state index contributed by atoms with van der Waals surface area (Å²) in [7, 11) is 0. The fourth-order valence-electron chi connectivity index (χ4n) is 1.54. The van der Waals surface area contributed by atoms with Crippen molar-refractivity contribution < 1.29 is 14.7 Å². The molecule has 0 spiro atoms. The minimum Gasteiger partial charge on any atom is -0.481 e. The Labute approximate surface area is 127 Å². The van der Waals surface area contributed by atoms with Crippen LogP contribution in [0.4, 0.5) is 0 Å². The minimum atomic E-state index is -0.874. The van der Waals surface area contributed by atoms with Gasteiger partial charge in [0.15, 0.2) is 0 Å². The number of hydrogen-bond donors (Lipinski definition) is 2. The van der Waals surface area contributed by atoms with E-state index in [1.54, 1.807) is 6.92 Å². The quantitative estimate of drug-likeness (QED) is 0.774. The summed E-state index contributed by atoms with van der Waals surface area (Å²) in [5, 5.41) is 12.2. The maximum Gasteiger partial charge on any atom is 0.308 e. The molecule has 0 radical (unpaired) electrons. The van der Waals surface area contributed by atoms with Crippen LogP contribution in [0.25, 0.3) is 0 Å². The summed E-state index contributed by atoms with van der Waals surface area (Å²) in [4.78, 5) is 22.4. The molecule has 0 aliphatic rings. The molecule has 20 heavy (non-hydrogen) atoms. The summed E-state index contributed by atoms with van der Waals surface area (Å²) in [6.45, 7) is 1.98. The van der Waals surface area contributed by atoms with Crippen molar-refractivity contribution in [2.24, 2.45) is 5.92 Å². The highest BCUT2D eigenvalue weighted by atomic mass is 35.5. The maximum atomic E-state index is 11.6. The Morgan fingerprint density at radius 3 is 2.55 bits per heavy atom. The fourth-order valence-corrected chi connectivity index (χ4v) is 2.48. The Bertz CT molecular complexity index is 450. The van der Waals surface area contributed by atoms with E-state index in [0.29, 0.717) is 17.2 Å². The molecule has 1 rings (SSSR count). The highest BCUT2D eigenvalue weighted by Gasteiger charge is 2.15. The van der Waals surface area contributed by atoms with E-state index in [0.717, 1.165) is 11.3 Å². The van der Waals surface area contributed by atoms with Gasteiger partial charge in [-0.05, 0) is 24.1 Å². The van der Waals surface area contributed by atoms with Crippen LogP contribution >= 0.6 is 23.4 Å². The zero-order chi connectivity index (χ0) is 15.0. The van der Waals surface area contributed by atoms with E-state index in [1.807, 2.05) is 24.3 Å². The Hall–Kier alpha value is -1.20. The molecular formula is C14H18ClNO3S. The van der Waals surface area contributed by atoms with Crippen molar-refractivity contribution >= 4 is 35.2 Å². The number of nitrogens with one attached hydrogen (secondary N) is 1. The van der Waals surface area contributed by atoms with Crippen molar-refractivity contribution in [3.63, 3.8) is 0 Å². The topological polar surface area (TPSA) is 66.4 Å². The number of amides is 1.